The highest BCUT2D eigenvalue weighted by Crippen LogP contribution is 2.20. The van der Waals surface area contributed by atoms with Gasteiger partial charge in [0.05, 0.1) is 4.92 Å². The molecule has 1 heterocycles. The number of halogens is 1. The van der Waals surface area contributed by atoms with E-state index >= 15 is 0 Å². The van der Waals surface area contributed by atoms with Crippen LogP contribution in [-0.4, -0.2) is 41.4 Å². The lowest BCUT2D eigenvalue weighted by molar-refractivity contribution is -0.385. The number of carbonyl (C=O) groups is 2. The fraction of sp³-hybridized carbons (Fsp3) is 0.333. The fourth-order valence-corrected chi connectivity index (χ4v) is 3.42. The molecule has 2 N–H and O–H groups in total. The van der Waals surface area contributed by atoms with Crippen molar-refractivity contribution >= 4 is 23.3 Å². The molecule has 1 aliphatic rings. The second kappa shape index (κ2) is 9.34. The van der Waals surface area contributed by atoms with Crippen LogP contribution in [0.5, 0.6) is 0 Å². The van der Waals surface area contributed by atoms with Crippen LogP contribution in [-0.2, 0) is 0 Å². The number of piperidine rings is 1. The number of hydrogen-bond acceptors (Lipinski definition) is 4. The summed E-state index contributed by atoms with van der Waals surface area (Å²) < 4.78 is 12.9. The Hall–Kier alpha value is -3.49. The molecule has 0 unspecified atom stereocenters. The molecule has 0 bridgehead atoms. The number of hydrogen-bond donors (Lipinski definition) is 2. The summed E-state index contributed by atoms with van der Waals surface area (Å²) in [6, 6.07) is 9.66. The first-order valence-electron chi connectivity index (χ1n) is 9.68. The number of carbonyl (C=O) groups excluding carboxylic acids is 2. The van der Waals surface area contributed by atoms with Gasteiger partial charge in [0.15, 0.2) is 0 Å². The third kappa shape index (κ3) is 5.31. The van der Waals surface area contributed by atoms with E-state index in [9.17, 15) is 24.1 Å². The van der Waals surface area contributed by atoms with Crippen LogP contribution in [0.25, 0.3) is 0 Å². The van der Waals surface area contributed by atoms with Gasteiger partial charge >= 0.3 is 6.03 Å². The minimum atomic E-state index is -0.475. The Labute approximate surface area is 173 Å². The zero-order valence-corrected chi connectivity index (χ0v) is 16.6. The van der Waals surface area contributed by atoms with Crippen LogP contribution in [0.15, 0.2) is 42.5 Å². The fourth-order valence-electron chi connectivity index (χ4n) is 3.42. The SMILES string of the molecule is Cc1cc(C(=O)NCC2CCN(C(=O)Nc3ccc(F)cc3)CC2)ccc1[N+](=O)[O-]. The number of nitro benzene ring substituents is 1. The Morgan fingerprint density at radius 2 is 1.83 bits per heavy atom. The van der Waals surface area contributed by atoms with Crippen molar-refractivity contribution in [1.82, 2.24) is 10.2 Å². The molecule has 0 radical (unpaired) electrons. The van der Waals surface area contributed by atoms with Gasteiger partial charge in [-0.1, -0.05) is 0 Å². The summed E-state index contributed by atoms with van der Waals surface area (Å²) in [5.41, 5.74) is 1.34. The second-order valence-corrected chi connectivity index (χ2v) is 7.34. The van der Waals surface area contributed by atoms with Crippen LogP contribution < -0.4 is 10.6 Å². The normalized spacial score (nSPS) is 14.3. The van der Waals surface area contributed by atoms with E-state index in [0.29, 0.717) is 36.4 Å². The average Bonchev–Trinajstić information content (AvgIpc) is 2.73. The number of urea groups is 1. The van der Waals surface area contributed by atoms with Crippen LogP contribution in [0.4, 0.5) is 20.6 Å². The minimum absolute atomic E-state index is 0.0159. The lowest BCUT2D eigenvalue weighted by Gasteiger charge is -2.32. The van der Waals surface area contributed by atoms with Crippen molar-refractivity contribution < 1.29 is 18.9 Å². The number of amides is 3. The first kappa shape index (κ1) is 21.2. The van der Waals surface area contributed by atoms with Crippen LogP contribution in [0, 0.1) is 28.8 Å². The molecule has 158 valence electrons. The van der Waals surface area contributed by atoms with Crippen molar-refractivity contribution in [3.63, 3.8) is 0 Å². The van der Waals surface area contributed by atoms with Crippen molar-refractivity contribution in [3.05, 3.63) is 69.5 Å². The van der Waals surface area contributed by atoms with Gasteiger partial charge in [-0.05, 0) is 62.1 Å². The largest absolute Gasteiger partial charge is 0.352 e. The van der Waals surface area contributed by atoms with Crippen LogP contribution in [0.2, 0.25) is 0 Å². The summed E-state index contributed by atoms with van der Waals surface area (Å²) in [5, 5.41) is 16.5. The van der Waals surface area contributed by atoms with Gasteiger partial charge in [0.2, 0.25) is 0 Å². The first-order valence-corrected chi connectivity index (χ1v) is 9.68. The zero-order chi connectivity index (χ0) is 21.7. The highest BCUT2D eigenvalue weighted by molar-refractivity contribution is 5.94. The van der Waals surface area contributed by atoms with Gasteiger partial charge < -0.3 is 15.5 Å². The van der Waals surface area contributed by atoms with Crippen molar-refractivity contribution in [2.45, 2.75) is 19.8 Å². The molecule has 3 amide bonds. The molecular formula is C21H23FN4O4. The van der Waals surface area contributed by atoms with Crippen LogP contribution in [0.1, 0.15) is 28.8 Å². The molecule has 1 fully saturated rings. The molecule has 2 aromatic rings. The Bertz CT molecular complexity index is 941. The number of benzene rings is 2. The van der Waals surface area contributed by atoms with Crippen molar-refractivity contribution in [3.8, 4) is 0 Å². The first-order chi connectivity index (χ1) is 14.3. The smallest absolute Gasteiger partial charge is 0.321 e. The molecule has 8 nitrogen and oxygen atoms in total. The lowest BCUT2D eigenvalue weighted by Crippen LogP contribution is -2.43. The van der Waals surface area contributed by atoms with Gasteiger partial charge in [-0.2, -0.15) is 0 Å². The maximum atomic E-state index is 12.9. The number of nitrogens with zero attached hydrogens (tertiary/aromatic N) is 2. The van der Waals surface area contributed by atoms with Gasteiger partial charge in [-0.15, -0.1) is 0 Å². The topological polar surface area (TPSA) is 105 Å². The second-order valence-electron chi connectivity index (χ2n) is 7.34. The molecule has 30 heavy (non-hydrogen) atoms. The van der Waals surface area contributed by atoms with Crippen LogP contribution in [0.3, 0.4) is 0 Å². The molecule has 0 aromatic heterocycles. The summed E-state index contributed by atoms with van der Waals surface area (Å²) >= 11 is 0. The predicted octanol–water partition coefficient (Wildman–Crippen LogP) is 3.72. The van der Waals surface area contributed by atoms with Gasteiger partial charge in [-0.3, -0.25) is 14.9 Å². The van der Waals surface area contributed by atoms with Gasteiger partial charge in [0.1, 0.15) is 5.82 Å². The van der Waals surface area contributed by atoms with E-state index in [1.54, 1.807) is 11.8 Å². The lowest BCUT2D eigenvalue weighted by atomic mass is 9.97. The third-order valence-electron chi connectivity index (χ3n) is 5.20. The third-order valence-corrected chi connectivity index (χ3v) is 5.20. The van der Waals surface area contributed by atoms with E-state index in [0.717, 1.165) is 12.8 Å². The summed E-state index contributed by atoms with van der Waals surface area (Å²) in [5.74, 6) is -0.396. The Balaban J connectivity index is 1.45. The van der Waals surface area contributed by atoms with E-state index in [4.69, 9.17) is 0 Å². The molecule has 0 aliphatic carbocycles. The van der Waals surface area contributed by atoms with Crippen molar-refractivity contribution in [1.29, 1.82) is 0 Å². The molecule has 2 aromatic carbocycles. The molecular weight excluding hydrogens is 391 g/mol. The summed E-state index contributed by atoms with van der Waals surface area (Å²) in [6.07, 6.45) is 1.49. The van der Waals surface area contributed by atoms with E-state index in [-0.39, 0.29) is 29.4 Å². The number of nitro groups is 1. The quantitative estimate of drug-likeness (QED) is 0.575. The van der Waals surface area contributed by atoms with Gasteiger partial charge in [0.25, 0.3) is 11.6 Å². The molecule has 3 rings (SSSR count). The highest BCUT2D eigenvalue weighted by Gasteiger charge is 2.23. The highest BCUT2D eigenvalue weighted by atomic mass is 19.1. The Morgan fingerprint density at radius 3 is 2.43 bits per heavy atom. The predicted molar refractivity (Wildman–Crippen MR) is 110 cm³/mol. The molecule has 9 heteroatoms. The molecule has 0 saturated carbocycles. The van der Waals surface area contributed by atoms with Crippen molar-refractivity contribution in [2.24, 2.45) is 5.92 Å². The maximum Gasteiger partial charge on any atom is 0.321 e. The zero-order valence-electron chi connectivity index (χ0n) is 16.6. The Kier molecular flexibility index (Phi) is 6.61. The van der Waals surface area contributed by atoms with Gasteiger partial charge in [0, 0.05) is 42.5 Å². The minimum Gasteiger partial charge on any atom is -0.352 e. The number of rotatable bonds is 5. The van der Waals surface area contributed by atoms with E-state index < -0.39 is 4.92 Å². The number of aryl methyl sites for hydroxylation is 1. The van der Waals surface area contributed by atoms with Crippen LogP contribution >= 0.6 is 0 Å². The molecule has 1 saturated heterocycles. The van der Waals surface area contributed by atoms with Crippen molar-refractivity contribution in [2.75, 3.05) is 25.0 Å². The molecule has 1 aliphatic heterocycles. The van der Waals surface area contributed by atoms with E-state index in [1.165, 1.54) is 42.5 Å². The summed E-state index contributed by atoms with van der Waals surface area (Å²) in [6.45, 7) is 3.19. The monoisotopic (exact) mass is 414 g/mol. The standard InChI is InChI=1S/C21H23FN4O4/c1-14-12-16(2-7-19(14)26(29)30)20(27)23-13-15-8-10-25(11-9-15)21(28)24-18-5-3-17(22)4-6-18/h2-7,12,15H,8-11,13H2,1H3,(H,23,27)(H,24,28). The number of likely N-dealkylation sites (tertiary alicyclic amines) is 1. The number of nitrogens with one attached hydrogen (secondary N) is 2. The van der Waals surface area contributed by atoms with E-state index in [2.05, 4.69) is 10.6 Å². The molecule has 0 spiro atoms. The summed E-state index contributed by atoms with van der Waals surface area (Å²) in [4.78, 5) is 36.8. The maximum absolute atomic E-state index is 12.9. The summed E-state index contributed by atoms with van der Waals surface area (Å²) in [7, 11) is 0. The molecule has 0 atom stereocenters. The number of anilines is 1. The average molecular weight is 414 g/mol. The van der Waals surface area contributed by atoms with E-state index in [1.807, 2.05) is 0 Å². The Morgan fingerprint density at radius 1 is 1.17 bits per heavy atom. The van der Waals surface area contributed by atoms with Gasteiger partial charge in [-0.25, -0.2) is 9.18 Å².